The number of aromatic nitrogens is 2. The zero-order chi connectivity index (χ0) is 19.6. The van der Waals surface area contributed by atoms with Crippen molar-refractivity contribution in [2.75, 3.05) is 5.94 Å². The summed E-state index contributed by atoms with van der Waals surface area (Å²) in [4.78, 5) is 3.89. The number of benzene rings is 2. The highest BCUT2D eigenvalue weighted by molar-refractivity contribution is 7.99. The lowest BCUT2D eigenvalue weighted by molar-refractivity contribution is 0.398. The van der Waals surface area contributed by atoms with Crippen LogP contribution < -0.4 is 4.74 Å². The lowest BCUT2D eigenvalue weighted by Gasteiger charge is -2.30. The lowest BCUT2D eigenvalue weighted by Crippen LogP contribution is -2.25. The zero-order valence-electron chi connectivity index (χ0n) is 16.3. The van der Waals surface area contributed by atoms with Crippen LogP contribution in [0.15, 0.2) is 65.7 Å². The number of thiophene rings is 1. The van der Waals surface area contributed by atoms with Crippen molar-refractivity contribution in [3.8, 4) is 32.3 Å². The summed E-state index contributed by atoms with van der Waals surface area (Å²) in [6.07, 6.45) is 3.02. The van der Waals surface area contributed by atoms with Crippen LogP contribution in [0.1, 0.15) is 25.1 Å². The molecule has 0 saturated carbocycles. The van der Waals surface area contributed by atoms with Crippen LogP contribution in [0.25, 0.3) is 26.6 Å². The minimum atomic E-state index is 0.0622. The van der Waals surface area contributed by atoms with Crippen molar-refractivity contribution in [3.63, 3.8) is 0 Å². The summed E-state index contributed by atoms with van der Waals surface area (Å²) >= 11 is 3.63. The number of ether oxygens (including phenoxy) is 1. The fourth-order valence-corrected chi connectivity index (χ4v) is 6.43. The van der Waals surface area contributed by atoms with Crippen LogP contribution in [0, 0.1) is 0 Å². The fraction of sp³-hybridized carbons (Fsp3) is 0.208. The largest absolute Gasteiger partial charge is 0.481 e. The average molecular weight is 417 g/mol. The molecule has 1 aliphatic heterocycles. The van der Waals surface area contributed by atoms with Crippen LogP contribution in [0.5, 0.6) is 5.75 Å². The van der Waals surface area contributed by atoms with Gasteiger partial charge in [0.05, 0.1) is 22.5 Å². The van der Waals surface area contributed by atoms with E-state index in [-0.39, 0.29) is 5.41 Å². The van der Waals surface area contributed by atoms with Crippen molar-refractivity contribution in [1.82, 2.24) is 9.78 Å². The van der Waals surface area contributed by atoms with Gasteiger partial charge in [-0.2, -0.15) is 5.10 Å². The van der Waals surface area contributed by atoms with Crippen molar-refractivity contribution in [3.05, 3.63) is 72.1 Å². The van der Waals surface area contributed by atoms with Gasteiger partial charge in [-0.15, -0.1) is 11.3 Å². The number of hydrogen-bond donors (Lipinski definition) is 0. The van der Waals surface area contributed by atoms with Gasteiger partial charge in [-0.05, 0) is 53.3 Å². The molecular weight excluding hydrogens is 396 g/mol. The maximum absolute atomic E-state index is 5.77. The second kappa shape index (κ2) is 6.25. The second-order valence-corrected chi connectivity index (χ2v) is 10.3. The Bertz CT molecular complexity index is 1240. The standard InChI is InChI=1S/C24H20N2OS2/c1-24(2)12-19-17(13-25-26(19)16-6-4-3-5-7-16)23-18(24)11-22(29-23)15-8-9-21-20(10-15)27-14-28-21/h3-11,13H,12,14H2,1-2H3. The summed E-state index contributed by atoms with van der Waals surface area (Å²) < 4.78 is 7.88. The SMILES string of the molecule is CC1(C)Cc2c(cnn2-c2ccccc2)-c2sc(-c3ccc4c(c3)OCS4)cc21. The summed E-state index contributed by atoms with van der Waals surface area (Å²) in [5, 5.41) is 4.76. The van der Waals surface area contributed by atoms with E-state index >= 15 is 0 Å². The summed E-state index contributed by atoms with van der Waals surface area (Å²) in [5.41, 5.74) is 6.42. The second-order valence-electron chi connectivity index (χ2n) is 8.23. The summed E-state index contributed by atoms with van der Waals surface area (Å²) in [6, 6.07) is 19.4. The van der Waals surface area contributed by atoms with E-state index in [4.69, 9.17) is 9.84 Å². The van der Waals surface area contributed by atoms with Crippen LogP contribution in [0.3, 0.4) is 0 Å². The molecule has 0 amide bonds. The molecule has 3 nitrogen and oxygen atoms in total. The Balaban J connectivity index is 1.50. The first-order valence-electron chi connectivity index (χ1n) is 9.77. The topological polar surface area (TPSA) is 27.1 Å². The first kappa shape index (κ1) is 17.4. The van der Waals surface area contributed by atoms with E-state index in [1.165, 1.54) is 37.0 Å². The van der Waals surface area contributed by atoms with Gasteiger partial charge in [0.25, 0.3) is 0 Å². The summed E-state index contributed by atoms with van der Waals surface area (Å²) in [7, 11) is 0. The van der Waals surface area contributed by atoms with E-state index in [1.54, 1.807) is 11.8 Å². The molecule has 0 unspecified atom stereocenters. The molecule has 4 aromatic rings. The molecule has 3 heterocycles. The van der Waals surface area contributed by atoms with E-state index in [9.17, 15) is 0 Å². The highest BCUT2D eigenvalue weighted by Gasteiger charge is 2.36. The van der Waals surface area contributed by atoms with Crippen LogP contribution >= 0.6 is 23.1 Å². The third-order valence-electron chi connectivity index (χ3n) is 5.84. The van der Waals surface area contributed by atoms with E-state index in [1.807, 2.05) is 23.6 Å². The predicted octanol–water partition coefficient (Wildman–Crippen LogP) is 6.54. The van der Waals surface area contributed by atoms with E-state index in [2.05, 4.69) is 67.1 Å². The van der Waals surface area contributed by atoms with Gasteiger partial charge in [0.2, 0.25) is 0 Å². The molecule has 0 radical (unpaired) electrons. The highest BCUT2D eigenvalue weighted by Crippen LogP contribution is 2.50. The molecule has 1 aliphatic carbocycles. The minimum absolute atomic E-state index is 0.0622. The third-order valence-corrected chi connectivity index (χ3v) is 7.94. The Morgan fingerprint density at radius 1 is 1.07 bits per heavy atom. The minimum Gasteiger partial charge on any atom is -0.481 e. The van der Waals surface area contributed by atoms with Crippen LogP contribution in [0.2, 0.25) is 0 Å². The molecule has 0 N–H and O–H groups in total. The molecule has 2 aliphatic rings. The van der Waals surface area contributed by atoms with Gasteiger partial charge in [-0.3, -0.25) is 0 Å². The van der Waals surface area contributed by atoms with Crippen molar-refractivity contribution >= 4 is 23.1 Å². The molecule has 29 heavy (non-hydrogen) atoms. The van der Waals surface area contributed by atoms with Gasteiger partial charge in [-0.1, -0.05) is 49.9 Å². The normalized spacial score (nSPS) is 16.1. The number of rotatable bonds is 2. The van der Waals surface area contributed by atoms with Crippen molar-refractivity contribution < 1.29 is 4.74 Å². The van der Waals surface area contributed by atoms with Gasteiger partial charge in [-0.25, -0.2) is 4.68 Å². The first-order valence-corrected chi connectivity index (χ1v) is 11.6. The van der Waals surface area contributed by atoms with Gasteiger partial charge < -0.3 is 4.74 Å². The predicted molar refractivity (Wildman–Crippen MR) is 120 cm³/mol. The van der Waals surface area contributed by atoms with Gasteiger partial charge >= 0.3 is 0 Å². The Kier molecular flexibility index (Phi) is 3.74. The van der Waals surface area contributed by atoms with Crippen molar-refractivity contribution in [2.24, 2.45) is 0 Å². The molecule has 6 rings (SSSR count). The summed E-state index contributed by atoms with van der Waals surface area (Å²) in [5.74, 6) is 1.73. The lowest BCUT2D eigenvalue weighted by atomic mass is 9.75. The number of para-hydroxylation sites is 1. The van der Waals surface area contributed by atoms with Gasteiger partial charge in [0, 0.05) is 15.3 Å². The molecule has 2 aromatic carbocycles. The quantitative estimate of drug-likeness (QED) is 0.371. The molecule has 0 atom stereocenters. The van der Waals surface area contributed by atoms with Crippen molar-refractivity contribution in [1.29, 1.82) is 0 Å². The third kappa shape index (κ3) is 2.68. The zero-order valence-corrected chi connectivity index (χ0v) is 17.9. The van der Waals surface area contributed by atoms with Crippen LogP contribution in [-0.2, 0) is 11.8 Å². The molecule has 0 spiro atoms. The fourth-order valence-electron chi connectivity index (χ4n) is 4.32. The highest BCUT2D eigenvalue weighted by atomic mass is 32.2. The number of fused-ring (bicyclic) bond motifs is 4. The molecule has 0 fully saturated rings. The van der Waals surface area contributed by atoms with Crippen molar-refractivity contribution in [2.45, 2.75) is 30.6 Å². The summed E-state index contributed by atoms with van der Waals surface area (Å²) in [6.45, 7) is 4.69. The van der Waals surface area contributed by atoms with E-state index in [0.29, 0.717) is 0 Å². The smallest absolute Gasteiger partial charge is 0.138 e. The number of thioether (sulfide) groups is 1. The number of hydrogen-bond acceptors (Lipinski definition) is 4. The monoisotopic (exact) mass is 416 g/mol. The molecule has 0 bridgehead atoms. The number of nitrogens with zero attached hydrogens (tertiary/aromatic N) is 2. The van der Waals surface area contributed by atoms with Gasteiger partial charge in [0.15, 0.2) is 0 Å². The molecule has 5 heteroatoms. The maximum atomic E-state index is 5.77. The van der Waals surface area contributed by atoms with Crippen LogP contribution in [-0.4, -0.2) is 15.7 Å². The van der Waals surface area contributed by atoms with Crippen LogP contribution in [0.4, 0.5) is 0 Å². The Morgan fingerprint density at radius 3 is 2.79 bits per heavy atom. The average Bonchev–Trinajstić information content (AvgIpc) is 3.45. The molecule has 144 valence electrons. The Hall–Kier alpha value is -2.50. The van der Waals surface area contributed by atoms with E-state index in [0.717, 1.165) is 23.8 Å². The van der Waals surface area contributed by atoms with E-state index < -0.39 is 0 Å². The molecular formula is C24H20N2OS2. The molecule has 0 saturated heterocycles. The van der Waals surface area contributed by atoms with Gasteiger partial charge in [0.1, 0.15) is 11.7 Å². The Labute approximate surface area is 178 Å². The Morgan fingerprint density at radius 2 is 1.93 bits per heavy atom. The molecule has 2 aromatic heterocycles. The first-order chi connectivity index (χ1) is 14.1. The maximum Gasteiger partial charge on any atom is 0.138 e.